The van der Waals surface area contributed by atoms with E-state index in [0.717, 1.165) is 24.0 Å². The normalized spacial score (nSPS) is 11.8. The van der Waals surface area contributed by atoms with Gasteiger partial charge >= 0.3 is 0 Å². The van der Waals surface area contributed by atoms with Crippen molar-refractivity contribution in [3.05, 3.63) is 29.3 Å². The summed E-state index contributed by atoms with van der Waals surface area (Å²) < 4.78 is 27.3. The van der Waals surface area contributed by atoms with Crippen molar-refractivity contribution >= 4 is 10.0 Å². The van der Waals surface area contributed by atoms with Crippen LogP contribution >= 0.6 is 0 Å². The van der Waals surface area contributed by atoms with Crippen LogP contribution in [-0.2, 0) is 16.6 Å². The molecule has 0 aliphatic carbocycles. The van der Waals surface area contributed by atoms with Crippen LogP contribution in [0, 0.1) is 6.92 Å². The number of benzene rings is 1. The van der Waals surface area contributed by atoms with Crippen LogP contribution in [0.3, 0.4) is 0 Å². The van der Waals surface area contributed by atoms with Crippen molar-refractivity contribution in [2.45, 2.75) is 63.8 Å². The van der Waals surface area contributed by atoms with Gasteiger partial charge in [-0.3, -0.25) is 0 Å². The second kappa shape index (κ2) is 9.18. The number of nitrogens with two attached hydrogens (primary N) is 1. The minimum atomic E-state index is -3.43. The molecule has 0 fully saturated rings. The Balaban J connectivity index is 2.50. The topological polar surface area (TPSA) is 72.2 Å². The molecule has 1 aromatic carbocycles. The predicted octanol–water partition coefficient (Wildman–Crippen LogP) is 3.09. The molecule has 3 N–H and O–H groups in total. The van der Waals surface area contributed by atoms with E-state index in [9.17, 15) is 8.42 Å². The molecule has 0 unspecified atom stereocenters. The van der Waals surface area contributed by atoms with Crippen LogP contribution in [0.15, 0.2) is 23.1 Å². The fourth-order valence-corrected chi connectivity index (χ4v) is 3.62. The highest BCUT2D eigenvalue weighted by atomic mass is 32.2. The first-order valence-electron chi connectivity index (χ1n) is 7.80. The first-order valence-corrected chi connectivity index (χ1v) is 9.29. The first-order chi connectivity index (χ1) is 10.0. The lowest BCUT2D eigenvalue weighted by Gasteiger charge is -2.10. The molecule has 0 saturated heterocycles. The molecule has 0 spiro atoms. The maximum atomic E-state index is 12.3. The molecule has 120 valence electrons. The second-order valence-corrected chi connectivity index (χ2v) is 7.20. The maximum absolute atomic E-state index is 12.3. The van der Waals surface area contributed by atoms with Crippen molar-refractivity contribution in [3.63, 3.8) is 0 Å². The van der Waals surface area contributed by atoms with E-state index in [0.29, 0.717) is 18.0 Å². The van der Waals surface area contributed by atoms with E-state index in [4.69, 9.17) is 5.73 Å². The first kappa shape index (κ1) is 18.1. The van der Waals surface area contributed by atoms with Crippen LogP contribution in [0.2, 0.25) is 0 Å². The third-order valence-electron chi connectivity index (χ3n) is 3.60. The van der Waals surface area contributed by atoms with Crippen molar-refractivity contribution in [1.82, 2.24) is 4.72 Å². The van der Waals surface area contributed by atoms with Gasteiger partial charge in [0.05, 0.1) is 4.90 Å². The molecular weight excluding hydrogens is 284 g/mol. The molecule has 1 rings (SSSR count). The van der Waals surface area contributed by atoms with Crippen molar-refractivity contribution in [2.75, 3.05) is 6.54 Å². The molecule has 1 aromatic rings. The van der Waals surface area contributed by atoms with Gasteiger partial charge < -0.3 is 5.73 Å². The number of hydrogen-bond acceptors (Lipinski definition) is 3. The Morgan fingerprint density at radius 3 is 2.43 bits per heavy atom. The summed E-state index contributed by atoms with van der Waals surface area (Å²) in [4.78, 5) is 0.344. The second-order valence-electron chi connectivity index (χ2n) is 5.47. The summed E-state index contributed by atoms with van der Waals surface area (Å²) in [6, 6.07) is 5.34. The fraction of sp³-hybridized carbons (Fsp3) is 0.625. The summed E-state index contributed by atoms with van der Waals surface area (Å²) in [7, 11) is -3.43. The third kappa shape index (κ3) is 6.16. The molecule has 0 amide bonds. The van der Waals surface area contributed by atoms with Gasteiger partial charge in [0.15, 0.2) is 0 Å². The molecule has 0 aliphatic rings. The van der Waals surface area contributed by atoms with Crippen molar-refractivity contribution in [3.8, 4) is 0 Å². The largest absolute Gasteiger partial charge is 0.326 e. The van der Waals surface area contributed by atoms with Gasteiger partial charge in [0, 0.05) is 13.1 Å². The van der Waals surface area contributed by atoms with Crippen molar-refractivity contribution in [1.29, 1.82) is 0 Å². The van der Waals surface area contributed by atoms with E-state index in [-0.39, 0.29) is 0 Å². The third-order valence-corrected chi connectivity index (χ3v) is 5.20. The van der Waals surface area contributed by atoms with Crippen LogP contribution in [0.4, 0.5) is 0 Å². The van der Waals surface area contributed by atoms with Gasteiger partial charge in [-0.15, -0.1) is 0 Å². The molecule has 0 aliphatic heterocycles. The van der Waals surface area contributed by atoms with Gasteiger partial charge in [0.2, 0.25) is 10.0 Å². The number of rotatable bonds is 10. The lowest BCUT2D eigenvalue weighted by atomic mass is 10.1. The van der Waals surface area contributed by atoms with Gasteiger partial charge in [0.25, 0.3) is 0 Å². The van der Waals surface area contributed by atoms with E-state index >= 15 is 0 Å². The molecule has 21 heavy (non-hydrogen) atoms. The standard InChI is InChI=1S/C16H28N2O2S/c1-3-4-5-6-7-8-11-18-21(19,20)16-12-15(13-17)10-9-14(16)2/h9-10,12,18H,3-8,11,13,17H2,1-2H3. The summed E-state index contributed by atoms with van der Waals surface area (Å²) in [6.07, 6.45) is 6.86. The molecule has 0 radical (unpaired) electrons. The number of aryl methyl sites for hydroxylation is 1. The number of unbranched alkanes of at least 4 members (excludes halogenated alkanes) is 5. The van der Waals surface area contributed by atoms with E-state index in [1.165, 1.54) is 25.7 Å². The van der Waals surface area contributed by atoms with Crippen LogP contribution in [0.1, 0.15) is 56.6 Å². The Bertz CT molecular complexity index is 527. The lowest BCUT2D eigenvalue weighted by Crippen LogP contribution is -2.25. The van der Waals surface area contributed by atoms with Crippen LogP contribution in [0.5, 0.6) is 0 Å². The van der Waals surface area contributed by atoms with E-state index < -0.39 is 10.0 Å². The summed E-state index contributed by atoms with van der Waals surface area (Å²) in [5, 5.41) is 0. The molecule has 4 nitrogen and oxygen atoms in total. The zero-order valence-electron chi connectivity index (χ0n) is 13.2. The molecule has 5 heteroatoms. The highest BCUT2D eigenvalue weighted by Gasteiger charge is 2.16. The average molecular weight is 312 g/mol. The SMILES string of the molecule is CCCCCCCCNS(=O)(=O)c1cc(CN)ccc1C. The summed E-state index contributed by atoms with van der Waals surface area (Å²) >= 11 is 0. The number of nitrogens with one attached hydrogen (secondary N) is 1. The monoisotopic (exact) mass is 312 g/mol. The van der Waals surface area contributed by atoms with Gasteiger partial charge in [-0.2, -0.15) is 0 Å². The van der Waals surface area contributed by atoms with Gasteiger partial charge in [-0.25, -0.2) is 13.1 Å². The Hall–Kier alpha value is -0.910. The highest BCUT2D eigenvalue weighted by molar-refractivity contribution is 7.89. The molecule has 0 atom stereocenters. The molecule has 0 bridgehead atoms. The Kier molecular flexibility index (Phi) is 7.93. The fourth-order valence-electron chi connectivity index (χ4n) is 2.25. The Morgan fingerprint density at radius 1 is 1.10 bits per heavy atom. The van der Waals surface area contributed by atoms with Crippen LogP contribution in [-0.4, -0.2) is 15.0 Å². The predicted molar refractivity (Wildman–Crippen MR) is 87.6 cm³/mol. The van der Waals surface area contributed by atoms with Crippen LogP contribution < -0.4 is 10.5 Å². The van der Waals surface area contributed by atoms with E-state index in [1.54, 1.807) is 13.0 Å². The highest BCUT2D eigenvalue weighted by Crippen LogP contribution is 2.17. The quantitative estimate of drug-likeness (QED) is 0.652. The maximum Gasteiger partial charge on any atom is 0.240 e. The van der Waals surface area contributed by atoms with E-state index in [1.807, 2.05) is 12.1 Å². The minimum Gasteiger partial charge on any atom is -0.326 e. The molecule has 0 aromatic heterocycles. The Morgan fingerprint density at radius 2 is 1.76 bits per heavy atom. The zero-order valence-corrected chi connectivity index (χ0v) is 14.0. The van der Waals surface area contributed by atoms with Crippen LogP contribution in [0.25, 0.3) is 0 Å². The minimum absolute atomic E-state index is 0.344. The lowest BCUT2D eigenvalue weighted by molar-refractivity contribution is 0.567. The summed E-state index contributed by atoms with van der Waals surface area (Å²) in [5.41, 5.74) is 7.16. The summed E-state index contributed by atoms with van der Waals surface area (Å²) in [5.74, 6) is 0. The molecule has 0 saturated carbocycles. The molecule has 0 heterocycles. The van der Waals surface area contributed by atoms with Crippen molar-refractivity contribution < 1.29 is 8.42 Å². The summed E-state index contributed by atoms with van der Waals surface area (Å²) in [6.45, 7) is 4.84. The Labute approximate surface area is 129 Å². The smallest absolute Gasteiger partial charge is 0.240 e. The zero-order chi connectivity index (χ0) is 15.7. The van der Waals surface area contributed by atoms with Crippen molar-refractivity contribution in [2.24, 2.45) is 5.73 Å². The number of hydrogen-bond donors (Lipinski definition) is 2. The van der Waals surface area contributed by atoms with E-state index in [2.05, 4.69) is 11.6 Å². The van der Waals surface area contributed by atoms with Gasteiger partial charge in [0.1, 0.15) is 0 Å². The molecular formula is C16H28N2O2S. The average Bonchev–Trinajstić information content (AvgIpc) is 2.46. The van der Waals surface area contributed by atoms with Gasteiger partial charge in [-0.1, -0.05) is 51.2 Å². The van der Waals surface area contributed by atoms with Gasteiger partial charge in [-0.05, 0) is 30.5 Å². The number of sulfonamides is 1.